The van der Waals surface area contributed by atoms with Crippen LogP contribution in [0.1, 0.15) is 50.6 Å². The minimum atomic E-state index is -0.334. The Morgan fingerprint density at radius 2 is 2.00 bits per heavy atom. The Morgan fingerprint density at radius 3 is 2.75 bits per heavy atom. The summed E-state index contributed by atoms with van der Waals surface area (Å²) in [4.78, 5) is 12.3. The molecule has 110 valence electrons. The molecule has 1 aliphatic rings. The molecular weight excluding hydrogens is 255 g/mol. The molecular formula is C16H23FN2O. The summed E-state index contributed by atoms with van der Waals surface area (Å²) < 4.78 is 13.7. The number of rotatable bonds is 3. The minimum absolute atomic E-state index is 0.0462. The van der Waals surface area contributed by atoms with Gasteiger partial charge in [-0.3, -0.25) is 4.79 Å². The van der Waals surface area contributed by atoms with Gasteiger partial charge in [-0.05, 0) is 25.8 Å². The molecule has 1 saturated carbocycles. The lowest BCUT2D eigenvalue weighted by Gasteiger charge is -2.23. The van der Waals surface area contributed by atoms with Gasteiger partial charge < -0.3 is 11.1 Å². The van der Waals surface area contributed by atoms with Crippen LogP contribution in [-0.2, 0) is 4.79 Å². The van der Waals surface area contributed by atoms with Gasteiger partial charge in [0.1, 0.15) is 5.82 Å². The molecule has 3 N–H and O–H groups in total. The van der Waals surface area contributed by atoms with Crippen LogP contribution in [0.25, 0.3) is 0 Å². The van der Waals surface area contributed by atoms with Gasteiger partial charge in [0.2, 0.25) is 5.91 Å². The van der Waals surface area contributed by atoms with Crippen molar-refractivity contribution < 1.29 is 9.18 Å². The van der Waals surface area contributed by atoms with Crippen LogP contribution in [0.4, 0.5) is 4.39 Å². The van der Waals surface area contributed by atoms with E-state index in [9.17, 15) is 9.18 Å². The van der Waals surface area contributed by atoms with E-state index in [1.165, 1.54) is 6.07 Å². The highest BCUT2D eigenvalue weighted by molar-refractivity contribution is 5.79. The van der Waals surface area contributed by atoms with Gasteiger partial charge in [0.15, 0.2) is 0 Å². The highest BCUT2D eigenvalue weighted by Gasteiger charge is 2.28. The molecule has 3 atom stereocenters. The molecule has 1 fully saturated rings. The van der Waals surface area contributed by atoms with Gasteiger partial charge >= 0.3 is 0 Å². The average Bonchev–Trinajstić information content (AvgIpc) is 2.63. The number of nitrogens with one attached hydrogen (secondary N) is 1. The fourth-order valence-corrected chi connectivity index (χ4v) is 2.89. The smallest absolute Gasteiger partial charge is 0.225 e. The molecule has 1 amide bonds. The van der Waals surface area contributed by atoms with Crippen LogP contribution in [0, 0.1) is 11.7 Å². The van der Waals surface area contributed by atoms with Gasteiger partial charge in [0, 0.05) is 11.6 Å². The van der Waals surface area contributed by atoms with Crippen molar-refractivity contribution in [3.05, 3.63) is 35.6 Å². The third kappa shape index (κ3) is 3.57. The first-order chi connectivity index (χ1) is 9.59. The van der Waals surface area contributed by atoms with Crippen molar-refractivity contribution in [3.8, 4) is 0 Å². The van der Waals surface area contributed by atoms with Gasteiger partial charge in [0.05, 0.1) is 12.0 Å². The second-order valence-corrected chi connectivity index (χ2v) is 5.66. The van der Waals surface area contributed by atoms with Crippen molar-refractivity contribution in [1.29, 1.82) is 0 Å². The number of hydrogen-bond donors (Lipinski definition) is 2. The highest BCUT2D eigenvalue weighted by atomic mass is 19.1. The molecule has 0 saturated heterocycles. The number of hydrogen-bond acceptors (Lipinski definition) is 2. The Bertz CT molecular complexity index is 464. The standard InChI is InChI=1S/C16H23FN2O/c1-11(12-7-5-6-9-14(12)17)19-16(20)13-8-3-2-4-10-15(13)18/h5-7,9,11,13,15H,2-4,8,10,18H2,1H3,(H,19,20)/t11-,13?,15?/m1/s1. The molecule has 3 nitrogen and oxygen atoms in total. The Labute approximate surface area is 119 Å². The predicted octanol–water partition coefficient (Wildman–Crippen LogP) is 2.91. The van der Waals surface area contributed by atoms with E-state index in [0.717, 1.165) is 32.1 Å². The number of nitrogens with two attached hydrogens (primary N) is 1. The van der Waals surface area contributed by atoms with E-state index in [2.05, 4.69) is 5.32 Å². The summed E-state index contributed by atoms with van der Waals surface area (Å²) in [5.41, 5.74) is 6.61. The van der Waals surface area contributed by atoms with E-state index < -0.39 is 0 Å². The number of carbonyl (C=O) groups is 1. The zero-order valence-corrected chi connectivity index (χ0v) is 11.9. The Hall–Kier alpha value is -1.42. The molecule has 20 heavy (non-hydrogen) atoms. The van der Waals surface area contributed by atoms with Crippen LogP contribution < -0.4 is 11.1 Å². The van der Waals surface area contributed by atoms with Crippen molar-refractivity contribution in [2.24, 2.45) is 11.7 Å². The number of carbonyl (C=O) groups excluding carboxylic acids is 1. The first-order valence-corrected chi connectivity index (χ1v) is 7.40. The minimum Gasteiger partial charge on any atom is -0.349 e. The Kier molecular flexibility index (Phi) is 5.12. The Balaban J connectivity index is 2.01. The molecule has 1 aromatic carbocycles. The first-order valence-electron chi connectivity index (χ1n) is 7.40. The van der Waals surface area contributed by atoms with E-state index in [1.54, 1.807) is 25.1 Å². The topological polar surface area (TPSA) is 55.1 Å². The summed E-state index contributed by atoms with van der Waals surface area (Å²) in [6.45, 7) is 1.80. The van der Waals surface area contributed by atoms with Crippen LogP contribution in [0.5, 0.6) is 0 Å². The summed E-state index contributed by atoms with van der Waals surface area (Å²) >= 11 is 0. The predicted molar refractivity (Wildman–Crippen MR) is 77.5 cm³/mol. The van der Waals surface area contributed by atoms with Crippen LogP contribution in [0.2, 0.25) is 0 Å². The van der Waals surface area contributed by atoms with Crippen molar-refractivity contribution in [2.75, 3.05) is 0 Å². The van der Waals surface area contributed by atoms with Crippen LogP contribution >= 0.6 is 0 Å². The van der Waals surface area contributed by atoms with Crippen LogP contribution in [-0.4, -0.2) is 11.9 Å². The van der Waals surface area contributed by atoms with Crippen molar-refractivity contribution >= 4 is 5.91 Å². The van der Waals surface area contributed by atoms with Crippen molar-refractivity contribution in [1.82, 2.24) is 5.32 Å². The second-order valence-electron chi connectivity index (χ2n) is 5.66. The average molecular weight is 278 g/mol. The largest absolute Gasteiger partial charge is 0.349 e. The lowest BCUT2D eigenvalue weighted by molar-refractivity contribution is -0.126. The first kappa shape index (κ1) is 15.0. The summed E-state index contributed by atoms with van der Waals surface area (Å²) in [5.74, 6) is -0.479. The zero-order valence-electron chi connectivity index (χ0n) is 11.9. The lowest BCUT2D eigenvalue weighted by atomic mass is 9.94. The van der Waals surface area contributed by atoms with E-state index in [1.807, 2.05) is 0 Å². The molecule has 0 bridgehead atoms. The van der Waals surface area contributed by atoms with Crippen molar-refractivity contribution in [3.63, 3.8) is 0 Å². The Morgan fingerprint density at radius 1 is 1.30 bits per heavy atom. The number of amides is 1. The molecule has 1 aromatic rings. The molecule has 0 aliphatic heterocycles. The van der Waals surface area contributed by atoms with Crippen molar-refractivity contribution in [2.45, 2.75) is 51.1 Å². The molecule has 2 unspecified atom stereocenters. The number of benzene rings is 1. The fourth-order valence-electron chi connectivity index (χ4n) is 2.89. The molecule has 0 aromatic heterocycles. The molecule has 4 heteroatoms. The van der Waals surface area contributed by atoms with E-state index >= 15 is 0 Å². The van der Waals surface area contributed by atoms with E-state index in [-0.39, 0.29) is 29.7 Å². The molecule has 0 radical (unpaired) electrons. The maximum absolute atomic E-state index is 13.7. The lowest BCUT2D eigenvalue weighted by Crippen LogP contribution is -2.42. The SMILES string of the molecule is C[C@@H](NC(=O)C1CCCCCC1N)c1ccccc1F. The monoisotopic (exact) mass is 278 g/mol. The molecule has 1 aliphatic carbocycles. The zero-order chi connectivity index (χ0) is 14.5. The van der Waals surface area contributed by atoms with Gasteiger partial charge in [-0.25, -0.2) is 4.39 Å². The van der Waals surface area contributed by atoms with E-state index in [4.69, 9.17) is 5.73 Å². The second kappa shape index (κ2) is 6.84. The van der Waals surface area contributed by atoms with Gasteiger partial charge in [0.25, 0.3) is 0 Å². The molecule has 0 spiro atoms. The summed E-state index contributed by atoms with van der Waals surface area (Å²) in [7, 11) is 0. The van der Waals surface area contributed by atoms with E-state index in [0.29, 0.717) is 5.56 Å². The maximum Gasteiger partial charge on any atom is 0.225 e. The number of halogens is 1. The molecule has 2 rings (SSSR count). The summed E-state index contributed by atoms with van der Waals surface area (Å²) in [6.07, 6.45) is 5.00. The highest BCUT2D eigenvalue weighted by Crippen LogP contribution is 2.24. The third-order valence-corrected chi connectivity index (χ3v) is 4.14. The van der Waals surface area contributed by atoms with Crippen LogP contribution in [0.15, 0.2) is 24.3 Å². The third-order valence-electron chi connectivity index (χ3n) is 4.14. The fraction of sp³-hybridized carbons (Fsp3) is 0.562. The maximum atomic E-state index is 13.7. The van der Waals surface area contributed by atoms with Crippen LogP contribution in [0.3, 0.4) is 0 Å². The molecule has 0 heterocycles. The summed E-state index contributed by atoms with van der Waals surface area (Å²) in [5, 5.41) is 2.91. The summed E-state index contributed by atoms with van der Waals surface area (Å²) in [6, 6.07) is 6.12. The van der Waals surface area contributed by atoms with Gasteiger partial charge in [-0.15, -0.1) is 0 Å². The normalized spacial score (nSPS) is 24.8. The quantitative estimate of drug-likeness (QED) is 0.835. The van der Waals surface area contributed by atoms with Gasteiger partial charge in [-0.2, -0.15) is 0 Å². The van der Waals surface area contributed by atoms with Gasteiger partial charge in [-0.1, -0.05) is 37.5 Å².